The van der Waals surface area contributed by atoms with Gasteiger partial charge in [0, 0.05) is 22.8 Å². The minimum atomic E-state index is -3.66. The van der Waals surface area contributed by atoms with Gasteiger partial charge in [0.1, 0.15) is 0 Å². The zero-order valence-corrected chi connectivity index (χ0v) is 12.4. The first-order chi connectivity index (χ1) is 10.1. The number of sulfonamides is 1. The number of benzene rings is 2. The number of pyridine rings is 1. The van der Waals surface area contributed by atoms with Gasteiger partial charge in [-0.05, 0) is 41.8 Å². The van der Waals surface area contributed by atoms with Crippen LogP contribution in [-0.4, -0.2) is 13.4 Å². The molecular weight excluding hydrogens is 308 g/mol. The number of hydrogen-bond acceptors (Lipinski definition) is 3. The molecular formula is C15H11ClN2O2S. The van der Waals surface area contributed by atoms with Crippen molar-refractivity contribution in [2.75, 3.05) is 4.72 Å². The molecule has 0 aliphatic rings. The molecule has 0 aliphatic heterocycles. The Morgan fingerprint density at radius 3 is 2.52 bits per heavy atom. The first kappa shape index (κ1) is 13.9. The van der Waals surface area contributed by atoms with E-state index in [1.165, 1.54) is 12.1 Å². The second kappa shape index (κ2) is 5.35. The van der Waals surface area contributed by atoms with E-state index in [-0.39, 0.29) is 4.90 Å². The highest BCUT2D eigenvalue weighted by Crippen LogP contribution is 2.25. The number of halogens is 1. The minimum absolute atomic E-state index is 0.160. The van der Waals surface area contributed by atoms with Crippen LogP contribution in [-0.2, 0) is 10.0 Å². The monoisotopic (exact) mass is 318 g/mol. The van der Waals surface area contributed by atoms with E-state index in [2.05, 4.69) is 9.71 Å². The van der Waals surface area contributed by atoms with Crippen LogP contribution in [0.25, 0.3) is 10.8 Å². The van der Waals surface area contributed by atoms with Gasteiger partial charge in [-0.1, -0.05) is 23.7 Å². The van der Waals surface area contributed by atoms with Crippen LogP contribution in [0.3, 0.4) is 0 Å². The summed E-state index contributed by atoms with van der Waals surface area (Å²) in [5.41, 5.74) is 0.496. The molecule has 2 aromatic carbocycles. The highest BCUT2D eigenvalue weighted by molar-refractivity contribution is 7.92. The molecule has 21 heavy (non-hydrogen) atoms. The normalized spacial score (nSPS) is 11.5. The van der Waals surface area contributed by atoms with E-state index in [4.69, 9.17) is 11.6 Å². The molecule has 3 aromatic rings. The molecule has 0 unspecified atom stereocenters. The van der Waals surface area contributed by atoms with Crippen LogP contribution in [0.4, 0.5) is 5.69 Å². The summed E-state index contributed by atoms with van der Waals surface area (Å²) in [5.74, 6) is 0. The van der Waals surface area contributed by atoms with Crippen LogP contribution in [0.2, 0.25) is 5.02 Å². The molecule has 1 N–H and O–H groups in total. The van der Waals surface area contributed by atoms with Crippen LogP contribution < -0.4 is 4.72 Å². The van der Waals surface area contributed by atoms with Crippen LogP contribution in [0.15, 0.2) is 65.8 Å². The van der Waals surface area contributed by atoms with Crippen molar-refractivity contribution in [3.63, 3.8) is 0 Å². The third-order valence-corrected chi connectivity index (χ3v) is 4.69. The summed E-state index contributed by atoms with van der Waals surface area (Å²) in [7, 11) is -3.66. The first-order valence-electron chi connectivity index (χ1n) is 6.17. The van der Waals surface area contributed by atoms with Crippen LogP contribution in [0.5, 0.6) is 0 Å². The molecule has 0 radical (unpaired) electrons. The van der Waals surface area contributed by atoms with Crippen molar-refractivity contribution in [3.05, 3.63) is 65.9 Å². The fraction of sp³-hybridized carbons (Fsp3) is 0. The molecule has 0 aliphatic carbocycles. The maximum absolute atomic E-state index is 12.4. The van der Waals surface area contributed by atoms with Crippen molar-refractivity contribution in [3.8, 4) is 0 Å². The van der Waals surface area contributed by atoms with Gasteiger partial charge >= 0.3 is 0 Å². The molecule has 0 saturated carbocycles. The summed E-state index contributed by atoms with van der Waals surface area (Å²) in [4.78, 5) is 4.20. The molecule has 0 saturated heterocycles. The summed E-state index contributed by atoms with van der Waals surface area (Å²) in [5, 5.41) is 2.15. The minimum Gasteiger partial charge on any atom is -0.279 e. The van der Waals surface area contributed by atoms with Gasteiger partial charge in [-0.3, -0.25) is 9.71 Å². The Morgan fingerprint density at radius 1 is 1.00 bits per heavy atom. The zero-order chi connectivity index (χ0) is 14.9. The average molecular weight is 319 g/mol. The van der Waals surface area contributed by atoms with Gasteiger partial charge < -0.3 is 0 Å². The number of anilines is 1. The molecule has 0 fully saturated rings. The Labute approximate surface area is 127 Å². The smallest absolute Gasteiger partial charge is 0.261 e. The van der Waals surface area contributed by atoms with Gasteiger partial charge in [-0.15, -0.1) is 0 Å². The fourth-order valence-corrected chi connectivity index (χ4v) is 3.23. The molecule has 3 rings (SSSR count). The molecule has 0 amide bonds. The van der Waals surface area contributed by atoms with Gasteiger partial charge in [0.05, 0.1) is 10.6 Å². The lowest BCUT2D eigenvalue weighted by Gasteiger charge is -2.10. The molecule has 0 atom stereocenters. The van der Waals surface area contributed by atoms with Crippen LogP contribution in [0.1, 0.15) is 0 Å². The number of nitrogens with zero attached hydrogens (tertiary/aromatic N) is 1. The lowest BCUT2D eigenvalue weighted by atomic mass is 10.1. The summed E-state index contributed by atoms with van der Waals surface area (Å²) in [6.07, 6.45) is 3.30. The van der Waals surface area contributed by atoms with Crippen molar-refractivity contribution in [2.45, 2.75) is 4.90 Å². The summed E-state index contributed by atoms with van der Waals surface area (Å²) in [6.45, 7) is 0. The Balaban J connectivity index is 2.03. The number of hydrogen-bond donors (Lipinski definition) is 1. The highest BCUT2D eigenvalue weighted by atomic mass is 35.5. The highest BCUT2D eigenvalue weighted by Gasteiger charge is 2.15. The second-order valence-electron chi connectivity index (χ2n) is 4.46. The van der Waals surface area contributed by atoms with E-state index in [0.29, 0.717) is 10.7 Å². The lowest BCUT2D eigenvalue weighted by molar-refractivity contribution is 0.601. The van der Waals surface area contributed by atoms with Crippen molar-refractivity contribution in [1.82, 2.24) is 4.98 Å². The average Bonchev–Trinajstić information content (AvgIpc) is 2.48. The number of rotatable bonds is 3. The van der Waals surface area contributed by atoms with Crippen molar-refractivity contribution >= 4 is 38.1 Å². The number of aromatic nitrogens is 1. The predicted molar refractivity (Wildman–Crippen MR) is 84.0 cm³/mol. The van der Waals surface area contributed by atoms with Crippen LogP contribution in [0, 0.1) is 0 Å². The van der Waals surface area contributed by atoms with Gasteiger partial charge in [0.15, 0.2) is 0 Å². The van der Waals surface area contributed by atoms with Crippen molar-refractivity contribution in [1.29, 1.82) is 0 Å². The number of nitrogens with one attached hydrogen (secondary N) is 1. The summed E-state index contributed by atoms with van der Waals surface area (Å²) in [6, 6.07) is 13.2. The standard InChI is InChI=1S/C15H11ClN2O2S/c16-12-4-6-13(7-5-12)21(19,20)18-15-3-1-2-11-8-9-17-10-14(11)15/h1-10,18H. The largest absolute Gasteiger partial charge is 0.279 e. The second-order valence-corrected chi connectivity index (χ2v) is 6.58. The zero-order valence-electron chi connectivity index (χ0n) is 10.8. The Morgan fingerprint density at radius 2 is 1.76 bits per heavy atom. The Bertz CT molecular complexity index is 888. The summed E-state index contributed by atoms with van der Waals surface area (Å²) < 4.78 is 27.4. The topological polar surface area (TPSA) is 59.1 Å². The van der Waals surface area contributed by atoms with Gasteiger partial charge in [-0.2, -0.15) is 0 Å². The number of fused-ring (bicyclic) bond motifs is 1. The molecule has 6 heteroatoms. The Kier molecular flexibility index (Phi) is 3.53. The predicted octanol–water partition coefficient (Wildman–Crippen LogP) is 3.69. The van der Waals surface area contributed by atoms with E-state index in [1.54, 1.807) is 36.7 Å². The first-order valence-corrected chi connectivity index (χ1v) is 8.03. The maximum atomic E-state index is 12.4. The van der Waals surface area contributed by atoms with E-state index in [9.17, 15) is 8.42 Å². The third kappa shape index (κ3) is 2.84. The Hall–Kier alpha value is -2.11. The van der Waals surface area contributed by atoms with Crippen molar-refractivity contribution in [2.24, 2.45) is 0 Å². The van der Waals surface area contributed by atoms with Gasteiger partial charge in [0.2, 0.25) is 0 Å². The summed E-state index contributed by atoms with van der Waals surface area (Å²) >= 11 is 5.78. The molecule has 4 nitrogen and oxygen atoms in total. The van der Waals surface area contributed by atoms with E-state index >= 15 is 0 Å². The molecule has 1 aromatic heterocycles. The van der Waals surface area contributed by atoms with Gasteiger partial charge in [0.25, 0.3) is 10.0 Å². The maximum Gasteiger partial charge on any atom is 0.261 e. The molecule has 0 bridgehead atoms. The molecule has 1 heterocycles. The molecule has 0 spiro atoms. The SMILES string of the molecule is O=S(=O)(Nc1cccc2ccncc12)c1ccc(Cl)cc1. The third-order valence-electron chi connectivity index (χ3n) is 3.05. The van der Waals surface area contributed by atoms with E-state index in [0.717, 1.165) is 10.8 Å². The molecule has 106 valence electrons. The van der Waals surface area contributed by atoms with E-state index < -0.39 is 10.0 Å². The fourth-order valence-electron chi connectivity index (χ4n) is 2.02. The lowest BCUT2D eigenvalue weighted by Crippen LogP contribution is -2.13. The van der Waals surface area contributed by atoms with Crippen molar-refractivity contribution < 1.29 is 8.42 Å². The van der Waals surface area contributed by atoms with Crippen LogP contribution >= 0.6 is 11.6 Å². The van der Waals surface area contributed by atoms with E-state index in [1.807, 2.05) is 12.1 Å². The van der Waals surface area contributed by atoms with Gasteiger partial charge in [-0.25, -0.2) is 8.42 Å². The quantitative estimate of drug-likeness (QED) is 0.801.